The van der Waals surface area contributed by atoms with Gasteiger partial charge >= 0.3 is 5.97 Å². The maximum Gasteiger partial charge on any atom is 0.307 e. The van der Waals surface area contributed by atoms with E-state index in [9.17, 15) is 9.59 Å². The standard InChI is InChI=1S/C23H19Cl2NO3/c24-19-12-7-13-20(25)23(19)26-21(27)15-29-22(28)14-18(16-8-3-1-4-9-16)17-10-5-2-6-11-17/h1-13,18H,14-15H2,(H,26,27). The number of esters is 1. The molecule has 0 unspecified atom stereocenters. The molecule has 148 valence electrons. The molecule has 0 aliphatic rings. The lowest BCUT2D eigenvalue weighted by Crippen LogP contribution is -2.22. The van der Waals surface area contributed by atoms with Crippen LogP contribution in [-0.4, -0.2) is 18.5 Å². The largest absolute Gasteiger partial charge is 0.456 e. The molecule has 0 fully saturated rings. The maximum absolute atomic E-state index is 12.4. The van der Waals surface area contributed by atoms with Crippen molar-refractivity contribution >= 4 is 40.8 Å². The van der Waals surface area contributed by atoms with Gasteiger partial charge in [-0.25, -0.2) is 0 Å². The number of benzene rings is 3. The van der Waals surface area contributed by atoms with Crippen LogP contribution in [-0.2, 0) is 14.3 Å². The molecule has 1 amide bonds. The third-order valence-corrected chi connectivity index (χ3v) is 5.00. The van der Waals surface area contributed by atoms with Crippen molar-refractivity contribution < 1.29 is 14.3 Å². The van der Waals surface area contributed by atoms with Crippen molar-refractivity contribution in [1.29, 1.82) is 0 Å². The number of halogens is 2. The summed E-state index contributed by atoms with van der Waals surface area (Å²) in [4.78, 5) is 24.6. The first-order valence-electron chi connectivity index (χ1n) is 9.04. The molecular formula is C23H19Cl2NO3. The van der Waals surface area contributed by atoms with Crippen molar-refractivity contribution in [3.8, 4) is 0 Å². The Hall–Kier alpha value is -2.82. The molecule has 0 atom stereocenters. The summed E-state index contributed by atoms with van der Waals surface area (Å²) >= 11 is 12.1. The van der Waals surface area contributed by atoms with Gasteiger partial charge < -0.3 is 10.1 Å². The predicted molar refractivity (Wildman–Crippen MR) is 115 cm³/mol. The van der Waals surface area contributed by atoms with E-state index in [0.29, 0.717) is 15.7 Å². The highest BCUT2D eigenvalue weighted by Gasteiger charge is 2.20. The molecule has 0 saturated carbocycles. The minimum absolute atomic E-state index is 0.119. The second-order valence-corrected chi connectivity index (χ2v) is 7.20. The zero-order valence-electron chi connectivity index (χ0n) is 15.5. The quantitative estimate of drug-likeness (QED) is 0.492. The Kier molecular flexibility index (Phi) is 7.28. The lowest BCUT2D eigenvalue weighted by molar-refractivity contribution is -0.147. The fourth-order valence-corrected chi connectivity index (χ4v) is 3.46. The van der Waals surface area contributed by atoms with Gasteiger partial charge in [-0.05, 0) is 23.3 Å². The van der Waals surface area contributed by atoms with Crippen LogP contribution < -0.4 is 5.32 Å². The van der Waals surface area contributed by atoms with Gasteiger partial charge in [0.1, 0.15) is 0 Å². The van der Waals surface area contributed by atoms with E-state index in [1.807, 2.05) is 60.7 Å². The molecule has 0 aliphatic carbocycles. The Balaban J connectivity index is 1.63. The number of carbonyl (C=O) groups is 2. The Bertz CT molecular complexity index is 918. The zero-order valence-corrected chi connectivity index (χ0v) is 17.0. The first kappa shape index (κ1) is 20.9. The van der Waals surface area contributed by atoms with Crippen molar-refractivity contribution in [2.45, 2.75) is 12.3 Å². The summed E-state index contributed by atoms with van der Waals surface area (Å²) in [5.41, 5.74) is 2.30. The van der Waals surface area contributed by atoms with E-state index in [1.165, 1.54) is 0 Å². The number of amides is 1. The third kappa shape index (κ3) is 5.83. The summed E-state index contributed by atoms with van der Waals surface area (Å²) in [7, 11) is 0. The lowest BCUT2D eigenvalue weighted by Gasteiger charge is -2.17. The second kappa shape index (κ2) is 10.1. The van der Waals surface area contributed by atoms with E-state index < -0.39 is 18.5 Å². The average Bonchev–Trinajstić information content (AvgIpc) is 2.74. The molecule has 6 heteroatoms. The van der Waals surface area contributed by atoms with Crippen LogP contribution in [0.4, 0.5) is 5.69 Å². The number of hydrogen-bond donors (Lipinski definition) is 1. The SMILES string of the molecule is O=C(COC(=O)CC(c1ccccc1)c1ccccc1)Nc1c(Cl)cccc1Cl. The van der Waals surface area contributed by atoms with Gasteiger partial charge in [0.15, 0.2) is 6.61 Å². The topological polar surface area (TPSA) is 55.4 Å². The summed E-state index contributed by atoms with van der Waals surface area (Å²) in [5.74, 6) is -1.14. The molecule has 29 heavy (non-hydrogen) atoms. The summed E-state index contributed by atoms with van der Waals surface area (Å²) < 4.78 is 5.19. The highest BCUT2D eigenvalue weighted by Crippen LogP contribution is 2.30. The Morgan fingerprint density at radius 2 is 1.31 bits per heavy atom. The van der Waals surface area contributed by atoms with Crippen LogP contribution in [0.1, 0.15) is 23.5 Å². The average molecular weight is 428 g/mol. The Labute approximate surface area is 179 Å². The normalized spacial score (nSPS) is 10.6. The van der Waals surface area contributed by atoms with Crippen LogP contribution in [0.5, 0.6) is 0 Å². The van der Waals surface area contributed by atoms with E-state index in [-0.39, 0.29) is 12.3 Å². The predicted octanol–water partition coefficient (Wildman–Crippen LogP) is 5.70. The summed E-state index contributed by atoms with van der Waals surface area (Å²) in [5, 5.41) is 3.19. The molecule has 4 nitrogen and oxygen atoms in total. The third-order valence-electron chi connectivity index (χ3n) is 4.37. The number of para-hydroxylation sites is 1. The van der Waals surface area contributed by atoms with Crippen LogP contribution in [0.25, 0.3) is 0 Å². The van der Waals surface area contributed by atoms with E-state index in [4.69, 9.17) is 27.9 Å². The number of nitrogens with one attached hydrogen (secondary N) is 1. The number of rotatable bonds is 7. The molecule has 3 aromatic rings. The van der Waals surface area contributed by atoms with Gasteiger partial charge in [-0.2, -0.15) is 0 Å². The Morgan fingerprint density at radius 1 is 0.793 bits per heavy atom. The van der Waals surface area contributed by atoms with Crippen molar-refractivity contribution in [2.24, 2.45) is 0 Å². The first-order chi connectivity index (χ1) is 14.0. The van der Waals surface area contributed by atoms with Crippen molar-refractivity contribution in [3.63, 3.8) is 0 Å². The second-order valence-electron chi connectivity index (χ2n) is 6.38. The Morgan fingerprint density at radius 3 is 1.83 bits per heavy atom. The fourth-order valence-electron chi connectivity index (χ4n) is 2.96. The van der Waals surface area contributed by atoms with E-state index in [1.54, 1.807) is 18.2 Å². The summed E-state index contributed by atoms with van der Waals surface area (Å²) in [6, 6.07) is 24.3. The highest BCUT2D eigenvalue weighted by atomic mass is 35.5. The molecule has 0 bridgehead atoms. The molecular weight excluding hydrogens is 409 g/mol. The van der Waals surface area contributed by atoms with E-state index in [0.717, 1.165) is 11.1 Å². The molecule has 0 spiro atoms. The fraction of sp³-hybridized carbons (Fsp3) is 0.130. The number of carbonyl (C=O) groups excluding carboxylic acids is 2. The molecule has 0 saturated heterocycles. The van der Waals surface area contributed by atoms with Crippen molar-refractivity contribution in [1.82, 2.24) is 0 Å². The highest BCUT2D eigenvalue weighted by molar-refractivity contribution is 6.39. The van der Waals surface area contributed by atoms with Crippen LogP contribution in [0.15, 0.2) is 78.9 Å². The lowest BCUT2D eigenvalue weighted by atomic mass is 9.89. The minimum atomic E-state index is -0.510. The van der Waals surface area contributed by atoms with Gasteiger partial charge in [0.05, 0.1) is 22.2 Å². The maximum atomic E-state index is 12.4. The monoisotopic (exact) mass is 427 g/mol. The number of anilines is 1. The van der Waals surface area contributed by atoms with Crippen LogP contribution in [0.2, 0.25) is 10.0 Å². The van der Waals surface area contributed by atoms with Gasteiger partial charge in [0.25, 0.3) is 5.91 Å². The van der Waals surface area contributed by atoms with Gasteiger partial charge in [-0.1, -0.05) is 89.9 Å². The minimum Gasteiger partial charge on any atom is -0.456 e. The van der Waals surface area contributed by atoms with Gasteiger partial charge in [0, 0.05) is 5.92 Å². The van der Waals surface area contributed by atoms with Crippen molar-refractivity contribution in [2.75, 3.05) is 11.9 Å². The van der Waals surface area contributed by atoms with Crippen LogP contribution in [0.3, 0.4) is 0 Å². The smallest absolute Gasteiger partial charge is 0.307 e. The van der Waals surface area contributed by atoms with Crippen LogP contribution >= 0.6 is 23.2 Å². The number of hydrogen-bond acceptors (Lipinski definition) is 3. The molecule has 0 radical (unpaired) electrons. The molecule has 3 rings (SSSR count). The van der Waals surface area contributed by atoms with Gasteiger partial charge in [-0.3, -0.25) is 9.59 Å². The van der Waals surface area contributed by atoms with E-state index >= 15 is 0 Å². The number of ether oxygens (including phenoxy) is 1. The van der Waals surface area contributed by atoms with E-state index in [2.05, 4.69) is 5.32 Å². The van der Waals surface area contributed by atoms with Crippen LogP contribution in [0, 0.1) is 0 Å². The van der Waals surface area contributed by atoms with Crippen molar-refractivity contribution in [3.05, 3.63) is 100 Å². The molecule has 1 N–H and O–H groups in total. The molecule has 3 aromatic carbocycles. The van der Waals surface area contributed by atoms with Gasteiger partial charge in [-0.15, -0.1) is 0 Å². The van der Waals surface area contributed by atoms with Gasteiger partial charge in [0.2, 0.25) is 0 Å². The zero-order chi connectivity index (χ0) is 20.6. The first-order valence-corrected chi connectivity index (χ1v) is 9.79. The molecule has 0 heterocycles. The summed E-state index contributed by atoms with van der Waals surface area (Å²) in [6.45, 7) is -0.420. The molecule has 0 aliphatic heterocycles. The molecule has 0 aromatic heterocycles. The summed E-state index contributed by atoms with van der Waals surface area (Å²) in [6.07, 6.45) is 0.119.